The third kappa shape index (κ3) is 2.52. The maximum absolute atomic E-state index is 11.4. The number of aromatic nitrogens is 1. The normalized spacial score (nSPS) is 19.1. The van der Waals surface area contributed by atoms with Crippen LogP contribution in [0.1, 0.15) is 16.1 Å². The third-order valence-electron chi connectivity index (χ3n) is 3.45. The summed E-state index contributed by atoms with van der Waals surface area (Å²) in [7, 11) is 0. The molecule has 1 aliphatic rings. The number of nitrogens with zero attached hydrogens (tertiary/aromatic N) is 2. The van der Waals surface area contributed by atoms with Crippen LogP contribution in [0.3, 0.4) is 0 Å². The van der Waals surface area contributed by atoms with Gasteiger partial charge in [-0.2, -0.15) is 0 Å². The van der Waals surface area contributed by atoms with Crippen LogP contribution in [0, 0.1) is 0 Å². The fraction of sp³-hybridized carbons (Fsp3) is 0.286. The summed E-state index contributed by atoms with van der Waals surface area (Å²) in [5.74, 6) is -0.758. The van der Waals surface area contributed by atoms with Crippen molar-refractivity contribution < 1.29 is 9.90 Å². The Morgan fingerprint density at radius 2 is 2.21 bits per heavy atom. The number of hydrogen-bond acceptors (Lipinski definition) is 4. The average molecular weight is 274 g/mol. The van der Waals surface area contributed by atoms with Crippen molar-refractivity contribution >= 4 is 17.3 Å². The van der Waals surface area contributed by atoms with Gasteiger partial charge in [-0.25, -0.2) is 4.98 Å². The van der Waals surface area contributed by atoms with Crippen molar-refractivity contribution in [1.82, 2.24) is 9.88 Å². The van der Waals surface area contributed by atoms with Gasteiger partial charge < -0.3 is 5.11 Å². The van der Waals surface area contributed by atoms with Crippen molar-refractivity contribution in [3.63, 3.8) is 0 Å². The Balaban J connectivity index is 1.87. The van der Waals surface area contributed by atoms with Crippen molar-refractivity contribution in [1.29, 1.82) is 0 Å². The number of aliphatic carboxylic acids is 1. The molecule has 3 rings (SSSR count). The standard InChI is InChI=1S/C14H14N2O2S/c17-14(18)12-7-10-3-1-2-4-11(10)8-16(12)9-13-15-5-6-19-13/h1-6,12H,7-9H2,(H,17,18). The number of fused-ring (bicyclic) bond motifs is 1. The molecule has 98 valence electrons. The molecule has 0 saturated carbocycles. The molecule has 2 aromatic rings. The van der Waals surface area contributed by atoms with Crippen molar-refractivity contribution in [3.8, 4) is 0 Å². The first-order valence-corrected chi connectivity index (χ1v) is 7.04. The molecule has 1 aromatic heterocycles. The Bertz CT molecular complexity index is 583. The second-order valence-electron chi connectivity index (χ2n) is 4.66. The molecule has 0 saturated heterocycles. The molecule has 0 radical (unpaired) electrons. The maximum atomic E-state index is 11.4. The van der Waals surface area contributed by atoms with Gasteiger partial charge in [0.05, 0.1) is 6.54 Å². The van der Waals surface area contributed by atoms with Gasteiger partial charge in [0.15, 0.2) is 0 Å². The molecule has 0 fully saturated rings. The highest BCUT2D eigenvalue weighted by Crippen LogP contribution is 2.25. The molecular weight excluding hydrogens is 260 g/mol. The summed E-state index contributed by atoms with van der Waals surface area (Å²) in [6, 6.07) is 7.60. The zero-order valence-electron chi connectivity index (χ0n) is 10.3. The van der Waals surface area contributed by atoms with Gasteiger partial charge in [-0.15, -0.1) is 11.3 Å². The molecule has 1 aromatic carbocycles. The summed E-state index contributed by atoms with van der Waals surface area (Å²) in [6.45, 7) is 1.27. The van der Waals surface area contributed by atoms with Gasteiger partial charge in [-0.05, 0) is 17.5 Å². The lowest BCUT2D eigenvalue weighted by Gasteiger charge is -2.33. The van der Waals surface area contributed by atoms with E-state index in [0.717, 1.165) is 10.6 Å². The van der Waals surface area contributed by atoms with Crippen LogP contribution < -0.4 is 0 Å². The predicted octanol–water partition coefficient (Wildman–Crippen LogP) is 2.15. The van der Waals surface area contributed by atoms with Crippen molar-refractivity contribution in [3.05, 3.63) is 52.0 Å². The summed E-state index contributed by atoms with van der Waals surface area (Å²) in [5.41, 5.74) is 2.36. The number of carbonyl (C=O) groups is 1. The molecule has 1 aliphatic heterocycles. The van der Waals surface area contributed by atoms with Crippen LogP contribution in [-0.4, -0.2) is 27.0 Å². The Morgan fingerprint density at radius 1 is 1.42 bits per heavy atom. The Morgan fingerprint density at radius 3 is 2.89 bits per heavy atom. The zero-order chi connectivity index (χ0) is 13.2. The molecule has 19 heavy (non-hydrogen) atoms. The van der Waals surface area contributed by atoms with Gasteiger partial charge in [0, 0.05) is 18.1 Å². The molecule has 0 amide bonds. The van der Waals surface area contributed by atoms with Gasteiger partial charge >= 0.3 is 5.97 Å². The average Bonchev–Trinajstić information content (AvgIpc) is 2.90. The van der Waals surface area contributed by atoms with E-state index < -0.39 is 12.0 Å². The van der Waals surface area contributed by atoms with E-state index in [9.17, 15) is 9.90 Å². The molecule has 5 heteroatoms. The fourth-order valence-electron chi connectivity index (χ4n) is 2.49. The molecule has 4 nitrogen and oxygen atoms in total. The van der Waals surface area contributed by atoms with E-state index in [2.05, 4.69) is 11.1 Å². The number of hydrogen-bond donors (Lipinski definition) is 1. The lowest BCUT2D eigenvalue weighted by atomic mass is 9.94. The first kappa shape index (κ1) is 12.3. The van der Waals surface area contributed by atoms with E-state index >= 15 is 0 Å². The van der Waals surface area contributed by atoms with Crippen LogP contribution in [0.2, 0.25) is 0 Å². The smallest absolute Gasteiger partial charge is 0.321 e. The molecule has 1 N–H and O–H groups in total. The first-order chi connectivity index (χ1) is 9.24. The fourth-order valence-corrected chi connectivity index (χ4v) is 3.13. The highest BCUT2D eigenvalue weighted by molar-refractivity contribution is 7.09. The third-order valence-corrected chi connectivity index (χ3v) is 4.22. The molecule has 1 unspecified atom stereocenters. The van der Waals surface area contributed by atoms with Gasteiger partial charge in [0.25, 0.3) is 0 Å². The molecule has 2 heterocycles. The van der Waals surface area contributed by atoms with E-state index in [4.69, 9.17) is 0 Å². The van der Waals surface area contributed by atoms with Crippen LogP contribution in [0.5, 0.6) is 0 Å². The van der Waals surface area contributed by atoms with E-state index in [0.29, 0.717) is 19.5 Å². The minimum Gasteiger partial charge on any atom is -0.480 e. The van der Waals surface area contributed by atoms with Gasteiger partial charge in [-0.1, -0.05) is 24.3 Å². The topological polar surface area (TPSA) is 53.4 Å². The lowest BCUT2D eigenvalue weighted by molar-refractivity contribution is -0.144. The number of benzene rings is 1. The van der Waals surface area contributed by atoms with Crippen LogP contribution in [0.4, 0.5) is 0 Å². The van der Waals surface area contributed by atoms with Crippen LogP contribution in [0.15, 0.2) is 35.8 Å². The number of carboxylic acids is 1. The molecule has 0 spiro atoms. The lowest BCUT2D eigenvalue weighted by Crippen LogP contribution is -2.44. The highest BCUT2D eigenvalue weighted by atomic mass is 32.1. The van der Waals surface area contributed by atoms with E-state index in [1.807, 2.05) is 28.5 Å². The largest absolute Gasteiger partial charge is 0.480 e. The Kier molecular flexibility index (Phi) is 3.31. The predicted molar refractivity (Wildman–Crippen MR) is 72.9 cm³/mol. The van der Waals surface area contributed by atoms with E-state index in [1.165, 1.54) is 5.56 Å². The number of rotatable bonds is 3. The summed E-state index contributed by atoms with van der Waals surface area (Å²) in [4.78, 5) is 17.7. The minimum absolute atomic E-state index is 0.459. The quantitative estimate of drug-likeness (QED) is 0.932. The first-order valence-electron chi connectivity index (χ1n) is 6.16. The maximum Gasteiger partial charge on any atom is 0.321 e. The summed E-state index contributed by atoms with van der Waals surface area (Å²) >= 11 is 1.57. The van der Waals surface area contributed by atoms with Gasteiger partial charge in [0.2, 0.25) is 0 Å². The number of carboxylic acid groups (broad SMARTS) is 1. The van der Waals surface area contributed by atoms with Crippen molar-refractivity contribution in [2.24, 2.45) is 0 Å². The van der Waals surface area contributed by atoms with Gasteiger partial charge in [-0.3, -0.25) is 9.69 Å². The molecule has 0 bridgehead atoms. The van der Waals surface area contributed by atoms with Crippen molar-refractivity contribution in [2.75, 3.05) is 0 Å². The monoisotopic (exact) mass is 274 g/mol. The van der Waals surface area contributed by atoms with Crippen molar-refractivity contribution in [2.45, 2.75) is 25.6 Å². The van der Waals surface area contributed by atoms with E-state index in [-0.39, 0.29) is 0 Å². The van der Waals surface area contributed by atoms with Gasteiger partial charge in [0.1, 0.15) is 11.0 Å². The summed E-state index contributed by atoms with van der Waals surface area (Å²) < 4.78 is 0. The second-order valence-corrected chi connectivity index (χ2v) is 5.64. The van der Waals surface area contributed by atoms with E-state index in [1.54, 1.807) is 17.5 Å². The molecule has 1 atom stereocenters. The zero-order valence-corrected chi connectivity index (χ0v) is 11.1. The van der Waals surface area contributed by atoms with Crippen LogP contribution >= 0.6 is 11.3 Å². The number of thiazole rings is 1. The highest BCUT2D eigenvalue weighted by Gasteiger charge is 2.31. The SMILES string of the molecule is O=C(O)C1Cc2ccccc2CN1Cc1nccs1. The molecule has 0 aliphatic carbocycles. The minimum atomic E-state index is -0.758. The Hall–Kier alpha value is -1.72. The molecular formula is C14H14N2O2S. The Labute approximate surface area is 115 Å². The van der Waals surface area contributed by atoms with Crippen LogP contribution in [0.25, 0.3) is 0 Å². The summed E-state index contributed by atoms with van der Waals surface area (Å²) in [5, 5.41) is 12.3. The van der Waals surface area contributed by atoms with Crippen LogP contribution in [-0.2, 0) is 24.3 Å². The second kappa shape index (κ2) is 5.11. The summed E-state index contributed by atoms with van der Waals surface area (Å²) in [6.07, 6.45) is 2.32.